The number of hydrogen-bond donors (Lipinski definition) is 0. The van der Waals surface area contributed by atoms with E-state index in [1.807, 2.05) is 0 Å². The Balaban J connectivity index is 1.30. The molecule has 2 aliphatic rings. The van der Waals surface area contributed by atoms with Crippen LogP contribution in [-0.4, -0.2) is 74.9 Å². The predicted molar refractivity (Wildman–Crippen MR) is 122 cm³/mol. The highest BCUT2D eigenvalue weighted by Gasteiger charge is 2.34. The number of unbranched alkanes of at least 4 members (excludes halogenated alkanes) is 1. The summed E-state index contributed by atoms with van der Waals surface area (Å²) >= 11 is 0. The number of sulfonamides is 1. The second kappa shape index (κ2) is 10.0. The van der Waals surface area contributed by atoms with Gasteiger partial charge in [0.1, 0.15) is 0 Å². The highest BCUT2D eigenvalue weighted by Crippen LogP contribution is 2.24. The number of carbonyl (C=O) groups is 3. The second-order valence-electron chi connectivity index (χ2n) is 8.15. The van der Waals surface area contributed by atoms with Crippen LogP contribution in [0.3, 0.4) is 0 Å². The van der Waals surface area contributed by atoms with Crippen molar-refractivity contribution < 1.29 is 32.3 Å². The Hall–Kier alpha value is -3.08. The summed E-state index contributed by atoms with van der Waals surface area (Å²) < 4.78 is 37.9. The van der Waals surface area contributed by atoms with Crippen LogP contribution in [0.15, 0.2) is 47.4 Å². The third-order valence-corrected chi connectivity index (χ3v) is 7.94. The number of esters is 1. The minimum Gasteiger partial charge on any atom is -0.462 e. The third kappa shape index (κ3) is 4.75. The van der Waals surface area contributed by atoms with Crippen LogP contribution >= 0.6 is 0 Å². The fourth-order valence-corrected chi connectivity index (χ4v) is 5.65. The van der Waals surface area contributed by atoms with Gasteiger partial charge in [0.05, 0.1) is 41.4 Å². The first kappa shape index (κ1) is 24.1. The fourth-order valence-electron chi connectivity index (χ4n) is 3.99. The molecule has 180 valence electrons. The van der Waals surface area contributed by atoms with Crippen LogP contribution in [-0.2, 0) is 19.5 Å². The largest absolute Gasteiger partial charge is 0.462 e. The van der Waals surface area contributed by atoms with Crippen molar-refractivity contribution in [1.29, 1.82) is 0 Å². The molecular weight excluding hydrogens is 460 g/mol. The van der Waals surface area contributed by atoms with Gasteiger partial charge in [0.15, 0.2) is 0 Å². The van der Waals surface area contributed by atoms with E-state index in [9.17, 15) is 22.8 Å². The smallest absolute Gasteiger partial charge is 0.338 e. The third-order valence-electron chi connectivity index (χ3n) is 5.90. The number of carbonyl (C=O) groups excluding carboxylic acids is 3. The maximum absolute atomic E-state index is 13.0. The minimum absolute atomic E-state index is 0.0782. The zero-order valence-corrected chi connectivity index (χ0v) is 19.7. The standard InChI is InChI=1S/C24H26N2O7S/c1-17-8-9-18(16-21(17)34(30,31)25-11-14-32-15-12-25)24(29)33-13-5-4-10-26-22(27)19-6-2-3-7-20(19)23(26)28/h2-3,6-9,16H,4-5,10-15H2,1H3. The Morgan fingerprint density at radius 1 is 1.00 bits per heavy atom. The lowest BCUT2D eigenvalue weighted by Crippen LogP contribution is -2.40. The van der Waals surface area contributed by atoms with E-state index in [0.29, 0.717) is 42.7 Å². The number of rotatable bonds is 8. The summed E-state index contributed by atoms with van der Waals surface area (Å²) in [6.45, 7) is 3.20. The molecule has 2 aromatic rings. The molecule has 2 aliphatic heterocycles. The number of amides is 2. The summed E-state index contributed by atoms with van der Waals surface area (Å²) in [7, 11) is -3.74. The first-order valence-corrected chi connectivity index (χ1v) is 12.6. The van der Waals surface area contributed by atoms with Gasteiger partial charge in [-0.05, 0) is 49.6 Å². The molecule has 1 fully saturated rings. The van der Waals surface area contributed by atoms with Gasteiger partial charge in [-0.3, -0.25) is 14.5 Å². The zero-order valence-electron chi connectivity index (χ0n) is 18.9. The summed E-state index contributed by atoms with van der Waals surface area (Å²) in [6, 6.07) is 11.2. The van der Waals surface area contributed by atoms with Gasteiger partial charge in [-0.1, -0.05) is 18.2 Å². The van der Waals surface area contributed by atoms with Crippen LogP contribution in [0.5, 0.6) is 0 Å². The molecule has 34 heavy (non-hydrogen) atoms. The number of nitrogens with zero attached hydrogens (tertiary/aromatic N) is 2. The van der Waals surface area contributed by atoms with E-state index in [0.717, 1.165) is 0 Å². The van der Waals surface area contributed by atoms with E-state index in [1.54, 1.807) is 37.3 Å². The first-order valence-electron chi connectivity index (χ1n) is 11.1. The Bertz CT molecular complexity index is 1180. The van der Waals surface area contributed by atoms with E-state index in [2.05, 4.69) is 0 Å². The number of morpholine rings is 1. The van der Waals surface area contributed by atoms with Gasteiger partial charge in [-0.2, -0.15) is 4.31 Å². The average Bonchev–Trinajstić information content (AvgIpc) is 3.09. The molecule has 2 aromatic carbocycles. The van der Waals surface area contributed by atoms with Crippen molar-refractivity contribution in [1.82, 2.24) is 9.21 Å². The van der Waals surface area contributed by atoms with Crippen LogP contribution in [0, 0.1) is 6.92 Å². The number of fused-ring (bicyclic) bond motifs is 1. The molecule has 0 radical (unpaired) electrons. The van der Waals surface area contributed by atoms with Crippen molar-refractivity contribution in [3.63, 3.8) is 0 Å². The molecule has 4 rings (SSSR count). The first-order chi connectivity index (χ1) is 16.3. The molecule has 0 atom stereocenters. The SMILES string of the molecule is Cc1ccc(C(=O)OCCCCN2C(=O)c3ccccc3C2=O)cc1S(=O)(=O)N1CCOCC1. The van der Waals surface area contributed by atoms with Gasteiger partial charge in [0, 0.05) is 19.6 Å². The lowest BCUT2D eigenvalue weighted by atomic mass is 10.1. The summed E-state index contributed by atoms with van der Waals surface area (Å²) in [5.41, 5.74) is 1.50. The van der Waals surface area contributed by atoms with Gasteiger partial charge >= 0.3 is 5.97 Å². The quantitative estimate of drug-likeness (QED) is 0.320. The van der Waals surface area contributed by atoms with E-state index in [4.69, 9.17) is 9.47 Å². The Kier molecular flexibility index (Phi) is 7.11. The van der Waals surface area contributed by atoms with Crippen molar-refractivity contribution >= 4 is 27.8 Å². The molecule has 0 aliphatic carbocycles. The van der Waals surface area contributed by atoms with E-state index in [1.165, 1.54) is 21.3 Å². The number of imide groups is 1. The molecule has 0 saturated carbocycles. The number of hydrogen-bond acceptors (Lipinski definition) is 7. The van der Waals surface area contributed by atoms with Crippen LogP contribution in [0.2, 0.25) is 0 Å². The molecule has 9 nitrogen and oxygen atoms in total. The normalized spacial score (nSPS) is 16.6. The summed E-state index contributed by atoms with van der Waals surface area (Å²) in [6.07, 6.45) is 0.924. The molecule has 1 saturated heterocycles. The van der Waals surface area contributed by atoms with Crippen molar-refractivity contribution in [2.24, 2.45) is 0 Å². The van der Waals surface area contributed by atoms with Gasteiger partial charge in [0.25, 0.3) is 11.8 Å². The topological polar surface area (TPSA) is 110 Å². The average molecular weight is 487 g/mol. The van der Waals surface area contributed by atoms with Crippen molar-refractivity contribution in [3.05, 3.63) is 64.7 Å². The molecule has 0 N–H and O–H groups in total. The molecule has 2 amide bonds. The van der Waals surface area contributed by atoms with Crippen LogP contribution in [0.4, 0.5) is 0 Å². The van der Waals surface area contributed by atoms with Crippen molar-refractivity contribution in [2.75, 3.05) is 39.5 Å². The van der Waals surface area contributed by atoms with Gasteiger partial charge in [0.2, 0.25) is 10.0 Å². The fraction of sp³-hybridized carbons (Fsp3) is 0.375. The minimum atomic E-state index is -3.74. The van der Waals surface area contributed by atoms with E-state index >= 15 is 0 Å². The summed E-state index contributed by atoms with van der Waals surface area (Å²) in [5.74, 6) is -1.25. The predicted octanol–water partition coefficient (Wildman–Crippen LogP) is 2.25. The molecule has 2 heterocycles. The summed E-state index contributed by atoms with van der Waals surface area (Å²) in [4.78, 5) is 38.6. The number of aryl methyl sites for hydroxylation is 1. The monoisotopic (exact) mass is 486 g/mol. The van der Waals surface area contributed by atoms with Gasteiger partial charge in [-0.25, -0.2) is 13.2 Å². The molecule has 0 unspecified atom stereocenters. The van der Waals surface area contributed by atoms with Gasteiger partial charge in [-0.15, -0.1) is 0 Å². The van der Waals surface area contributed by atoms with Crippen LogP contribution in [0.25, 0.3) is 0 Å². The van der Waals surface area contributed by atoms with Crippen molar-refractivity contribution in [2.45, 2.75) is 24.7 Å². The number of benzene rings is 2. The van der Waals surface area contributed by atoms with Gasteiger partial charge < -0.3 is 9.47 Å². The molecule has 0 spiro atoms. The Morgan fingerprint density at radius 3 is 2.29 bits per heavy atom. The Morgan fingerprint density at radius 2 is 1.65 bits per heavy atom. The lowest BCUT2D eigenvalue weighted by Gasteiger charge is -2.26. The van der Waals surface area contributed by atoms with Crippen molar-refractivity contribution in [3.8, 4) is 0 Å². The molecular formula is C24H26N2O7S. The van der Waals surface area contributed by atoms with E-state index in [-0.39, 0.29) is 48.5 Å². The lowest BCUT2D eigenvalue weighted by molar-refractivity contribution is 0.0485. The highest BCUT2D eigenvalue weighted by molar-refractivity contribution is 7.89. The highest BCUT2D eigenvalue weighted by atomic mass is 32.2. The van der Waals surface area contributed by atoms with Crippen LogP contribution < -0.4 is 0 Å². The Labute approximate surface area is 198 Å². The molecule has 0 aromatic heterocycles. The molecule has 0 bridgehead atoms. The zero-order chi connectivity index (χ0) is 24.3. The maximum Gasteiger partial charge on any atom is 0.338 e. The van der Waals surface area contributed by atoms with Crippen LogP contribution in [0.1, 0.15) is 49.5 Å². The number of ether oxygens (including phenoxy) is 2. The summed E-state index contributed by atoms with van der Waals surface area (Å²) in [5, 5.41) is 0. The molecule has 10 heteroatoms. The maximum atomic E-state index is 13.0. The second-order valence-corrected chi connectivity index (χ2v) is 10.1. The van der Waals surface area contributed by atoms with E-state index < -0.39 is 16.0 Å².